The van der Waals surface area contributed by atoms with E-state index in [1.807, 2.05) is 74.5 Å². The highest BCUT2D eigenvalue weighted by molar-refractivity contribution is 5.93. The molecule has 0 aliphatic carbocycles. The van der Waals surface area contributed by atoms with Crippen LogP contribution in [0.4, 0.5) is 4.79 Å². The van der Waals surface area contributed by atoms with E-state index in [1.165, 1.54) is 6.92 Å². The van der Waals surface area contributed by atoms with Crippen LogP contribution in [0.3, 0.4) is 0 Å². The monoisotopic (exact) mass is 611 g/mol. The molecule has 0 aliphatic heterocycles. The Morgan fingerprint density at radius 1 is 0.750 bits per heavy atom. The summed E-state index contributed by atoms with van der Waals surface area (Å²) in [5.41, 5.74) is 0.789. The lowest BCUT2D eigenvalue weighted by molar-refractivity contribution is -0.151. The van der Waals surface area contributed by atoms with E-state index in [9.17, 15) is 24.0 Å². The average molecular weight is 612 g/mol. The van der Waals surface area contributed by atoms with Gasteiger partial charge in [0.2, 0.25) is 11.8 Å². The first kappa shape index (κ1) is 35.8. The van der Waals surface area contributed by atoms with Crippen molar-refractivity contribution in [1.82, 2.24) is 16.0 Å². The second-order valence-electron chi connectivity index (χ2n) is 11.6. The fourth-order valence-electron chi connectivity index (χ4n) is 3.94. The van der Waals surface area contributed by atoms with E-state index in [0.29, 0.717) is 6.42 Å². The van der Waals surface area contributed by atoms with Crippen LogP contribution in [-0.2, 0) is 46.6 Å². The van der Waals surface area contributed by atoms with Gasteiger partial charge in [-0.2, -0.15) is 0 Å². The summed E-state index contributed by atoms with van der Waals surface area (Å²) in [4.78, 5) is 64.1. The molecule has 3 N–H and O–H groups in total. The van der Waals surface area contributed by atoms with Gasteiger partial charge in [-0.05, 0) is 51.2 Å². The second kappa shape index (κ2) is 17.6. The van der Waals surface area contributed by atoms with Crippen LogP contribution in [0.5, 0.6) is 0 Å². The summed E-state index contributed by atoms with van der Waals surface area (Å²) in [7, 11) is 0. The van der Waals surface area contributed by atoms with Crippen LogP contribution in [0.1, 0.15) is 71.9 Å². The molecule has 3 amide bonds. The highest BCUT2D eigenvalue weighted by Gasteiger charge is 2.31. The van der Waals surface area contributed by atoms with Gasteiger partial charge < -0.3 is 30.2 Å². The molecule has 0 saturated heterocycles. The number of alkyl carbamates (subject to hydrolysis) is 1. The smallest absolute Gasteiger partial charge is 0.408 e. The lowest BCUT2D eigenvalue weighted by Crippen LogP contribution is -2.56. The molecule has 11 heteroatoms. The molecule has 44 heavy (non-hydrogen) atoms. The SMILES string of the molecule is CC[C@H](C)[C@@H](NC(=O)[C@@H](C)NC(=O)[C@@H](CCC(=O)OCc1ccccc1)NC(=O)OC(C)(C)C)C(=O)OCc1ccccc1. The number of rotatable bonds is 15. The van der Waals surface area contributed by atoms with Gasteiger partial charge >= 0.3 is 18.0 Å². The number of benzene rings is 2. The quantitative estimate of drug-likeness (QED) is 0.201. The van der Waals surface area contributed by atoms with E-state index in [4.69, 9.17) is 14.2 Å². The molecule has 0 saturated carbocycles. The lowest BCUT2D eigenvalue weighted by atomic mass is 9.99. The minimum Gasteiger partial charge on any atom is -0.461 e. The minimum absolute atomic E-state index is 0.0561. The van der Waals surface area contributed by atoms with E-state index in [1.54, 1.807) is 20.8 Å². The zero-order chi connectivity index (χ0) is 32.7. The Balaban J connectivity index is 2.02. The summed E-state index contributed by atoms with van der Waals surface area (Å²) >= 11 is 0. The van der Waals surface area contributed by atoms with Crippen molar-refractivity contribution < 1.29 is 38.2 Å². The summed E-state index contributed by atoms with van der Waals surface area (Å²) in [6.45, 7) is 10.3. The molecule has 0 fully saturated rings. The Morgan fingerprint density at radius 3 is 1.82 bits per heavy atom. The molecule has 0 spiro atoms. The lowest BCUT2D eigenvalue weighted by Gasteiger charge is -2.26. The number of amides is 3. The molecule has 0 unspecified atom stereocenters. The first-order chi connectivity index (χ1) is 20.8. The third-order valence-electron chi connectivity index (χ3n) is 6.63. The Hall–Kier alpha value is -4.41. The maximum atomic E-state index is 13.2. The Kier molecular flexibility index (Phi) is 14.4. The van der Waals surface area contributed by atoms with Crippen LogP contribution in [0.25, 0.3) is 0 Å². The van der Waals surface area contributed by atoms with E-state index < -0.39 is 53.6 Å². The van der Waals surface area contributed by atoms with Crippen LogP contribution >= 0.6 is 0 Å². The van der Waals surface area contributed by atoms with Gasteiger partial charge in [0, 0.05) is 6.42 Å². The van der Waals surface area contributed by atoms with Gasteiger partial charge in [0.05, 0.1) is 0 Å². The first-order valence-corrected chi connectivity index (χ1v) is 14.8. The van der Waals surface area contributed by atoms with E-state index >= 15 is 0 Å². The van der Waals surface area contributed by atoms with Crippen molar-refractivity contribution in [3.05, 3.63) is 71.8 Å². The topological polar surface area (TPSA) is 149 Å². The largest absolute Gasteiger partial charge is 0.461 e. The van der Waals surface area contributed by atoms with Crippen molar-refractivity contribution in [1.29, 1.82) is 0 Å². The standard InChI is InChI=1S/C33H45N3O8/c1-7-22(2)28(31(40)43-21-25-16-12-9-13-17-25)36-29(38)23(3)34-30(39)26(35-32(41)44-33(4,5)6)18-19-27(37)42-20-24-14-10-8-11-15-24/h8-17,22-23,26,28H,7,18-21H2,1-6H3,(H,34,39)(H,35,41)(H,36,38)/t22-,23+,26+,28+/m0/s1. The van der Waals surface area contributed by atoms with Gasteiger partial charge in [-0.1, -0.05) is 80.9 Å². The van der Waals surface area contributed by atoms with Gasteiger partial charge in [-0.15, -0.1) is 0 Å². The Morgan fingerprint density at radius 2 is 1.30 bits per heavy atom. The molecule has 2 aromatic rings. The zero-order valence-corrected chi connectivity index (χ0v) is 26.4. The predicted octanol–water partition coefficient (Wildman–Crippen LogP) is 4.18. The summed E-state index contributed by atoms with van der Waals surface area (Å²) in [5, 5.41) is 7.73. The number of carbonyl (C=O) groups is 5. The Bertz CT molecular complexity index is 1230. The molecule has 0 radical (unpaired) electrons. The van der Waals surface area contributed by atoms with E-state index in [-0.39, 0.29) is 32.0 Å². The van der Waals surface area contributed by atoms with E-state index in [2.05, 4.69) is 16.0 Å². The second-order valence-corrected chi connectivity index (χ2v) is 11.6. The molecule has 0 aromatic heterocycles. The summed E-state index contributed by atoms with van der Waals surface area (Å²) < 4.78 is 16.0. The summed E-state index contributed by atoms with van der Waals surface area (Å²) in [6, 6.07) is 15.1. The van der Waals surface area contributed by atoms with Crippen molar-refractivity contribution in [2.24, 2.45) is 5.92 Å². The normalized spacial score (nSPS) is 13.8. The fourth-order valence-corrected chi connectivity index (χ4v) is 3.94. The first-order valence-electron chi connectivity index (χ1n) is 14.8. The summed E-state index contributed by atoms with van der Waals surface area (Å²) in [5.74, 6) is -2.71. The number of carbonyl (C=O) groups excluding carboxylic acids is 5. The molecular formula is C33H45N3O8. The maximum absolute atomic E-state index is 13.2. The molecule has 0 aliphatic rings. The van der Waals surface area contributed by atoms with Gasteiger partial charge in [0.25, 0.3) is 0 Å². The molecule has 4 atom stereocenters. The minimum atomic E-state index is -1.20. The van der Waals surface area contributed by atoms with Gasteiger partial charge in [-0.3, -0.25) is 14.4 Å². The molecule has 0 bridgehead atoms. The number of hydrogen-bond donors (Lipinski definition) is 3. The highest BCUT2D eigenvalue weighted by Crippen LogP contribution is 2.13. The number of esters is 2. The summed E-state index contributed by atoms with van der Waals surface area (Å²) in [6.07, 6.45) is -0.543. The number of hydrogen-bond acceptors (Lipinski definition) is 8. The van der Waals surface area contributed by atoms with Crippen LogP contribution in [0.2, 0.25) is 0 Å². The van der Waals surface area contributed by atoms with Crippen molar-refractivity contribution in [3.8, 4) is 0 Å². The van der Waals surface area contributed by atoms with Crippen molar-refractivity contribution >= 4 is 29.8 Å². The van der Waals surface area contributed by atoms with Crippen molar-refractivity contribution in [2.45, 2.75) is 97.7 Å². The number of nitrogens with one attached hydrogen (secondary N) is 3. The van der Waals surface area contributed by atoms with Crippen molar-refractivity contribution in [2.75, 3.05) is 0 Å². The fraction of sp³-hybridized carbons (Fsp3) is 0.485. The van der Waals surface area contributed by atoms with Crippen molar-refractivity contribution in [3.63, 3.8) is 0 Å². The van der Waals surface area contributed by atoms with Gasteiger partial charge in [-0.25, -0.2) is 9.59 Å². The number of ether oxygens (including phenoxy) is 3. The van der Waals surface area contributed by atoms with Crippen LogP contribution in [-0.4, -0.2) is 53.6 Å². The molecule has 2 aromatic carbocycles. The van der Waals surface area contributed by atoms with Gasteiger partial charge in [0.1, 0.15) is 36.9 Å². The molecule has 2 rings (SSSR count). The van der Waals surface area contributed by atoms with E-state index in [0.717, 1.165) is 11.1 Å². The maximum Gasteiger partial charge on any atom is 0.408 e. The van der Waals surface area contributed by atoms with Crippen LogP contribution in [0, 0.1) is 5.92 Å². The third kappa shape index (κ3) is 13.3. The van der Waals surface area contributed by atoms with Gasteiger partial charge in [0.15, 0.2) is 0 Å². The average Bonchev–Trinajstić information content (AvgIpc) is 2.99. The molecular weight excluding hydrogens is 566 g/mol. The molecule has 240 valence electrons. The highest BCUT2D eigenvalue weighted by atomic mass is 16.6. The predicted molar refractivity (Wildman–Crippen MR) is 164 cm³/mol. The molecule has 11 nitrogen and oxygen atoms in total. The zero-order valence-electron chi connectivity index (χ0n) is 26.4. The molecule has 0 heterocycles. The van der Waals surface area contributed by atoms with Crippen LogP contribution < -0.4 is 16.0 Å². The Labute approximate surface area is 259 Å². The third-order valence-corrected chi connectivity index (χ3v) is 6.63. The van der Waals surface area contributed by atoms with Crippen LogP contribution in [0.15, 0.2) is 60.7 Å².